The van der Waals surface area contributed by atoms with Gasteiger partial charge in [-0.05, 0) is 37.6 Å². The maximum absolute atomic E-state index is 12.5. The number of nitrogens with zero attached hydrogens (tertiary/aromatic N) is 2. The van der Waals surface area contributed by atoms with Crippen molar-refractivity contribution in [3.8, 4) is 11.4 Å². The Bertz CT molecular complexity index is 980. The van der Waals surface area contributed by atoms with Crippen LogP contribution in [0.5, 0.6) is 5.75 Å². The lowest BCUT2D eigenvalue weighted by Gasteiger charge is -2.11. The predicted molar refractivity (Wildman–Crippen MR) is 92.0 cm³/mol. The molecule has 24 heavy (non-hydrogen) atoms. The summed E-state index contributed by atoms with van der Waals surface area (Å²) in [5.74, 6) is 0.0789. The summed E-state index contributed by atoms with van der Waals surface area (Å²) in [4.78, 5) is 0.0471. The molecule has 124 valence electrons. The lowest BCUT2D eigenvalue weighted by molar-refractivity contribution is 0.467. The Hall–Kier alpha value is -2.80. The van der Waals surface area contributed by atoms with E-state index in [-0.39, 0.29) is 10.6 Å². The van der Waals surface area contributed by atoms with Crippen LogP contribution < -0.4 is 4.72 Å². The maximum atomic E-state index is 12.5. The molecule has 7 heteroatoms. The summed E-state index contributed by atoms with van der Waals surface area (Å²) in [5, 5.41) is 14.1. The molecule has 0 spiro atoms. The third kappa shape index (κ3) is 2.98. The van der Waals surface area contributed by atoms with Crippen LogP contribution in [-0.4, -0.2) is 23.3 Å². The van der Waals surface area contributed by atoms with Crippen LogP contribution in [-0.2, 0) is 10.0 Å². The fourth-order valence-electron chi connectivity index (χ4n) is 2.32. The van der Waals surface area contributed by atoms with Crippen LogP contribution in [0.15, 0.2) is 59.8 Å². The van der Waals surface area contributed by atoms with Crippen molar-refractivity contribution in [2.75, 3.05) is 4.72 Å². The molecule has 1 heterocycles. The van der Waals surface area contributed by atoms with E-state index in [4.69, 9.17) is 0 Å². The number of nitrogens with one attached hydrogen (secondary N) is 1. The molecule has 0 fully saturated rings. The van der Waals surface area contributed by atoms with Crippen molar-refractivity contribution in [1.29, 1.82) is 0 Å². The molecule has 3 aromatic rings. The summed E-state index contributed by atoms with van der Waals surface area (Å²) in [6.45, 7) is 3.41. The number of aromatic nitrogens is 2. The molecule has 0 saturated carbocycles. The third-order valence-corrected chi connectivity index (χ3v) is 5.09. The largest absolute Gasteiger partial charge is 0.507 e. The maximum Gasteiger partial charge on any atom is 0.265 e. The van der Waals surface area contributed by atoms with Crippen molar-refractivity contribution < 1.29 is 13.5 Å². The molecule has 6 nitrogen and oxygen atoms in total. The highest BCUT2D eigenvalue weighted by Crippen LogP contribution is 2.29. The highest BCUT2D eigenvalue weighted by Gasteiger charge is 2.19. The zero-order chi connectivity index (χ0) is 17.3. The molecule has 0 amide bonds. The second-order valence-electron chi connectivity index (χ2n) is 5.47. The molecule has 0 saturated heterocycles. The molecule has 0 aliphatic carbocycles. The first-order valence-electron chi connectivity index (χ1n) is 7.30. The molecule has 0 bridgehead atoms. The molecule has 0 unspecified atom stereocenters. The van der Waals surface area contributed by atoms with Gasteiger partial charge in [-0.3, -0.25) is 4.72 Å². The van der Waals surface area contributed by atoms with Crippen molar-refractivity contribution in [2.24, 2.45) is 0 Å². The van der Waals surface area contributed by atoms with E-state index in [2.05, 4.69) is 9.82 Å². The van der Waals surface area contributed by atoms with E-state index in [0.717, 1.165) is 5.69 Å². The van der Waals surface area contributed by atoms with E-state index in [1.807, 2.05) is 30.3 Å². The van der Waals surface area contributed by atoms with Crippen molar-refractivity contribution in [3.63, 3.8) is 0 Å². The Morgan fingerprint density at radius 3 is 2.50 bits per heavy atom. The topological polar surface area (TPSA) is 84.2 Å². The van der Waals surface area contributed by atoms with Gasteiger partial charge < -0.3 is 5.11 Å². The van der Waals surface area contributed by atoms with Crippen LogP contribution in [0.1, 0.15) is 11.1 Å². The first kappa shape index (κ1) is 16.1. The summed E-state index contributed by atoms with van der Waals surface area (Å²) in [6.07, 6.45) is 2.74. The van der Waals surface area contributed by atoms with Crippen molar-refractivity contribution in [2.45, 2.75) is 18.7 Å². The fraction of sp³-hybridized carbons (Fsp3) is 0.118. The molecular formula is C17H17N3O3S. The van der Waals surface area contributed by atoms with Gasteiger partial charge in [0.25, 0.3) is 10.0 Å². The third-order valence-electron chi connectivity index (χ3n) is 3.77. The molecule has 2 aromatic carbocycles. The van der Waals surface area contributed by atoms with E-state index >= 15 is 0 Å². The molecule has 0 radical (unpaired) electrons. The van der Waals surface area contributed by atoms with Crippen molar-refractivity contribution in [3.05, 3.63) is 66.0 Å². The average Bonchev–Trinajstić information content (AvgIpc) is 3.07. The zero-order valence-electron chi connectivity index (χ0n) is 13.3. The van der Waals surface area contributed by atoms with E-state index in [1.165, 1.54) is 17.1 Å². The summed E-state index contributed by atoms with van der Waals surface area (Å²) in [6, 6.07) is 12.5. The molecular weight excluding hydrogens is 326 g/mol. The molecule has 3 rings (SSSR count). The van der Waals surface area contributed by atoms with Crippen LogP contribution in [0.4, 0.5) is 5.69 Å². The highest BCUT2D eigenvalue weighted by molar-refractivity contribution is 7.92. The van der Waals surface area contributed by atoms with Crippen molar-refractivity contribution in [1.82, 2.24) is 9.78 Å². The number of aromatic hydroxyl groups is 1. The molecule has 0 aliphatic rings. The summed E-state index contributed by atoms with van der Waals surface area (Å²) in [5.41, 5.74) is 2.27. The predicted octanol–water partition coefficient (Wildman–Crippen LogP) is 3.00. The number of benzene rings is 2. The van der Waals surface area contributed by atoms with Gasteiger partial charge in [-0.2, -0.15) is 5.10 Å². The van der Waals surface area contributed by atoms with E-state index in [9.17, 15) is 13.5 Å². The van der Waals surface area contributed by atoms with Gasteiger partial charge in [-0.15, -0.1) is 0 Å². The van der Waals surface area contributed by atoms with Gasteiger partial charge in [0.1, 0.15) is 10.6 Å². The van der Waals surface area contributed by atoms with Crippen molar-refractivity contribution >= 4 is 15.7 Å². The van der Waals surface area contributed by atoms with Crippen LogP contribution in [0, 0.1) is 13.8 Å². The van der Waals surface area contributed by atoms with Gasteiger partial charge in [0.15, 0.2) is 0 Å². The minimum atomic E-state index is -3.80. The summed E-state index contributed by atoms with van der Waals surface area (Å²) >= 11 is 0. The Kier molecular flexibility index (Phi) is 4.02. The number of phenols is 1. The Labute approximate surface area is 140 Å². The molecule has 1 aromatic heterocycles. The molecule has 0 atom stereocenters. The molecule has 2 N–H and O–H groups in total. The smallest absolute Gasteiger partial charge is 0.265 e. The fourth-order valence-corrected chi connectivity index (χ4v) is 3.37. The van der Waals surface area contributed by atoms with Crippen LogP contribution >= 0.6 is 0 Å². The minimum Gasteiger partial charge on any atom is -0.507 e. The van der Waals surface area contributed by atoms with E-state index in [1.54, 1.807) is 26.0 Å². The van der Waals surface area contributed by atoms with Crippen LogP contribution in [0.25, 0.3) is 5.69 Å². The monoisotopic (exact) mass is 343 g/mol. The summed E-state index contributed by atoms with van der Waals surface area (Å²) in [7, 11) is -3.80. The van der Waals surface area contributed by atoms with Gasteiger partial charge in [0.2, 0.25) is 0 Å². The van der Waals surface area contributed by atoms with E-state index < -0.39 is 10.0 Å². The number of rotatable bonds is 4. The second-order valence-corrected chi connectivity index (χ2v) is 7.15. The Morgan fingerprint density at radius 1 is 1.08 bits per heavy atom. The lowest BCUT2D eigenvalue weighted by Crippen LogP contribution is -2.13. The number of hydrogen-bond acceptors (Lipinski definition) is 4. The van der Waals surface area contributed by atoms with E-state index in [0.29, 0.717) is 16.8 Å². The first-order chi connectivity index (χ1) is 11.4. The Balaban J connectivity index is 1.92. The first-order valence-corrected chi connectivity index (χ1v) is 8.79. The van der Waals surface area contributed by atoms with Crippen LogP contribution in [0.3, 0.4) is 0 Å². The quantitative estimate of drug-likeness (QED) is 0.763. The minimum absolute atomic E-state index is 0.0471. The second kappa shape index (κ2) is 6.01. The number of hydrogen-bond donors (Lipinski definition) is 2. The van der Waals surface area contributed by atoms with Gasteiger partial charge in [0, 0.05) is 5.56 Å². The standard InChI is InChI=1S/C17H17N3O3S/c1-12-8-9-16(13(2)17(12)21)19-24(22,23)15-10-18-20(11-15)14-6-4-3-5-7-14/h3-11,19,21H,1-2H3. The lowest BCUT2D eigenvalue weighted by atomic mass is 10.1. The SMILES string of the molecule is Cc1ccc(NS(=O)(=O)c2cnn(-c3ccccc3)c2)c(C)c1O. The van der Waals surface area contributed by atoms with Crippen LogP contribution in [0.2, 0.25) is 0 Å². The van der Waals surface area contributed by atoms with Gasteiger partial charge in [-0.25, -0.2) is 13.1 Å². The number of anilines is 1. The number of sulfonamides is 1. The van der Waals surface area contributed by atoms with Gasteiger partial charge in [-0.1, -0.05) is 24.3 Å². The highest BCUT2D eigenvalue weighted by atomic mass is 32.2. The average molecular weight is 343 g/mol. The zero-order valence-corrected chi connectivity index (χ0v) is 14.1. The number of phenolic OH excluding ortho intramolecular Hbond substituents is 1. The van der Waals surface area contributed by atoms with Gasteiger partial charge in [0.05, 0.1) is 23.8 Å². The normalized spacial score (nSPS) is 11.4. The number of aryl methyl sites for hydroxylation is 1. The van der Waals surface area contributed by atoms with Gasteiger partial charge >= 0.3 is 0 Å². The molecule has 0 aliphatic heterocycles. The number of para-hydroxylation sites is 1. The summed E-state index contributed by atoms with van der Waals surface area (Å²) < 4.78 is 29.1. The Morgan fingerprint density at radius 2 is 1.79 bits per heavy atom.